The van der Waals surface area contributed by atoms with Gasteiger partial charge in [0.25, 0.3) is 11.6 Å². The maximum absolute atomic E-state index is 11.9. The Morgan fingerprint density at radius 1 is 1.50 bits per heavy atom. The van der Waals surface area contributed by atoms with Crippen LogP contribution in [-0.4, -0.2) is 29.4 Å². The van der Waals surface area contributed by atoms with Crippen molar-refractivity contribution in [3.8, 4) is 0 Å². The van der Waals surface area contributed by atoms with Gasteiger partial charge >= 0.3 is 5.97 Å². The first-order valence-corrected chi connectivity index (χ1v) is 6.17. The van der Waals surface area contributed by atoms with Crippen LogP contribution in [0.15, 0.2) is 18.2 Å². The number of nitrogens with zero attached hydrogens (tertiary/aromatic N) is 1. The number of amides is 1. The summed E-state index contributed by atoms with van der Waals surface area (Å²) in [5, 5.41) is 13.2. The number of halogens is 1. The van der Waals surface area contributed by atoms with Gasteiger partial charge in [0.15, 0.2) is 6.10 Å². The number of non-ortho nitro benzene ring substituents is 1. The molecule has 1 rings (SSSR count). The van der Waals surface area contributed by atoms with Gasteiger partial charge < -0.3 is 10.1 Å². The summed E-state index contributed by atoms with van der Waals surface area (Å²) in [6.07, 6.45) is -1.02. The number of carbonyl (C=O) groups is 2. The molecule has 0 aliphatic rings. The van der Waals surface area contributed by atoms with Crippen LogP contribution in [0.4, 0.5) is 5.69 Å². The molecular formula is C12H13ClN2O5. The molecule has 1 atom stereocenters. The Labute approximate surface area is 120 Å². The maximum atomic E-state index is 11.9. The lowest BCUT2D eigenvalue weighted by molar-refractivity contribution is -0.384. The van der Waals surface area contributed by atoms with Crippen LogP contribution in [0, 0.1) is 10.1 Å². The maximum Gasteiger partial charge on any atom is 0.340 e. The number of nitro benzene ring substituents is 1. The van der Waals surface area contributed by atoms with E-state index >= 15 is 0 Å². The molecule has 0 unspecified atom stereocenters. The summed E-state index contributed by atoms with van der Waals surface area (Å²) < 4.78 is 4.91. The smallest absolute Gasteiger partial charge is 0.340 e. The van der Waals surface area contributed by atoms with Crippen molar-refractivity contribution in [2.24, 2.45) is 0 Å². The van der Waals surface area contributed by atoms with Gasteiger partial charge in [-0.1, -0.05) is 11.6 Å². The summed E-state index contributed by atoms with van der Waals surface area (Å²) in [5.41, 5.74) is -0.441. The van der Waals surface area contributed by atoms with E-state index in [1.165, 1.54) is 19.1 Å². The minimum absolute atomic E-state index is 0.0173. The summed E-state index contributed by atoms with van der Waals surface area (Å²) >= 11 is 5.80. The minimum Gasteiger partial charge on any atom is -0.449 e. The number of rotatable bonds is 5. The molecule has 1 aromatic carbocycles. The average Bonchev–Trinajstić information content (AvgIpc) is 2.38. The van der Waals surface area contributed by atoms with Gasteiger partial charge in [-0.25, -0.2) is 4.79 Å². The summed E-state index contributed by atoms with van der Waals surface area (Å²) in [4.78, 5) is 33.3. The highest BCUT2D eigenvalue weighted by molar-refractivity contribution is 6.33. The molecule has 0 aliphatic carbocycles. The Morgan fingerprint density at radius 3 is 2.70 bits per heavy atom. The Hall–Kier alpha value is -2.15. The monoisotopic (exact) mass is 300 g/mol. The second kappa shape index (κ2) is 6.85. The van der Waals surface area contributed by atoms with Gasteiger partial charge in [-0.15, -0.1) is 0 Å². The van der Waals surface area contributed by atoms with Crippen LogP contribution in [0.25, 0.3) is 0 Å². The Bertz CT molecular complexity index is 547. The standard InChI is InChI=1S/C12H13ClN2O5/c1-3-14-11(16)7(2)20-12(17)9-6-8(15(18)19)4-5-10(9)13/h4-7H,3H2,1-2H3,(H,14,16)/t7-/m1/s1. The van der Waals surface area contributed by atoms with Crippen molar-refractivity contribution < 1.29 is 19.2 Å². The number of ether oxygens (including phenoxy) is 1. The third-order valence-electron chi connectivity index (χ3n) is 2.38. The fourth-order valence-electron chi connectivity index (χ4n) is 1.38. The van der Waals surface area contributed by atoms with Gasteiger partial charge in [-0.2, -0.15) is 0 Å². The van der Waals surface area contributed by atoms with Crippen molar-refractivity contribution in [1.29, 1.82) is 0 Å². The number of nitro groups is 1. The molecule has 0 bridgehead atoms. The third-order valence-corrected chi connectivity index (χ3v) is 2.71. The molecule has 1 aromatic rings. The highest BCUT2D eigenvalue weighted by Crippen LogP contribution is 2.23. The van der Waals surface area contributed by atoms with E-state index in [1.807, 2.05) is 0 Å². The molecule has 0 aliphatic heterocycles. The molecule has 1 N–H and O–H groups in total. The Kier molecular flexibility index (Phi) is 5.45. The van der Waals surface area contributed by atoms with Crippen LogP contribution >= 0.6 is 11.6 Å². The molecule has 0 aromatic heterocycles. The highest BCUT2D eigenvalue weighted by Gasteiger charge is 2.22. The van der Waals surface area contributed by atoms with Crippen molar-refractivity contribution in [2.75, 3.05) is 6.54 Å². The summed E-state index contributed by atoms with van der Waals surface area (Å²) in [6.45, 7) is 3.52. The normalized spacial score (nSPS) is 11.6. The van der Waals surface area contributed by atoms with Crippen LogP contribution in [0.5, 0.6) is 0 Å². The summed E-state index contributed by atoms with van der Waals surface area (Å²) in [6, 6.07) is 3.41. The Balaban J connectivity index is 2.89. The molecule has 1 amide bonds. The number of carbonyl (C=O) groups excluding carboxylic acids is 2. The quantitative estimate of drug-likeness (QED) is 0.509. The zero-order valence-corrected chi connectivity index (χ0v) is 11.6. The van der Waals surface area contributed by atoms with Crippen LogP contribution in [0.2, 0.25) is 5.02 Å². The van der Waals surface area contributed by atoms with Crippen molar-refractivity contribution in [1.82, 2.24) is 5.32 Å². The van der Waals surface area contributed by atoms with Crippen LogP contribution in [0.3, 0.4) is 0 Å². The molecule has 0 radical (unpaired) electrons. The van der Waals surface area contributed by atoms with Crippen molar-refractivity contribution in [3.05, 3.63) is 38.9 Å². The van der Waals surface area contributed by atoms with Gasteiger partial charge in [0.05, 0.1) is 15.5 Å². The average molecular weight is 301 g/mol. The van der Waals surface area contributed by atoms with Crippen LogP contribution in [0.1, 0.15) is 24.2 Å². The highest BCUT2D eigenvalue weighted by atomic mass is 35.5. The predicted octanol–water partition coefficient (Wildman–Crippen LogP) is 1.93. The van der Waals surface area contributed by atoms with E-state index in [0.29, 0.717) is 6.54 Å². The van der Waals surface area contributed by atoms with E-state index in [1.54, 1.807) is 6.92 Å². The fraction of sp³-hybridized carbons (Fsp3) is 0.333. The van der Waals surface area contributed by atoms with Crippen molar-refractivity contribution in [2.45, 2.75) is 20.0 Å². The predicted molar refractivity (Wildman–Crippen MR) is 71.7 cm³/mol. The molecular weight excluding hydrogens is 288 g/mol. The van der Waals surface area contributed by atoms with Gasteiger partial charge in [0, 0.05) is 18.7 Å². The fourth-order valence-corrected chi connectivity index (χ4v) is 1.57. The lowest BCUT2D eigenvalue weighted by atomic mass is 10.2. The Morgan fingerprint density at radius 2 is 2.15 bits per heavy atom. The molecule has 0 saturated carbocycles. The van der Waals surface area contributed by atoms with E-state index in [4.69, 9.17) is 16.3 Å². The van der Waals surface area contributed by atoms with Gasteiger partial charge in [0.2, 0.25) is 0 Å². The molecule has 0 saturated heterocycles. The largest absolute Gasteiger partial charge is 0.449 e. The number of hydrogen-bond donors (Lipinski definition) is 1. The molecule has 0 spiro atoms. The summed E-state index contributed by atoms with van der Waals surface area (Å²) in [7, 11) is 0. The third kappa shape index (κ3) is 3.92. The first-order valence-electron chi connectivity index (χ1n) is 5.79. The van der Waals surface area contributed by atoms with Crippen molar-refractivity contribution >= 4 is 29.2 Å². The van der Waals surface area contributed by atoms with Gasteiger partial charge in [0.1, 0.15) is 0 Å². The van der Waals surface area contributed by atoms with Gasteiger partial charge in [-0.05, 0) is 19.9 Å². The number of hydrogen-bond acceptors (Lipinski definition) is 5. The number of esters is 1. The van der Waals surface area contributed by atoms with Crippen molar-refractivity contribution in [3.63, 3.8) is 0 Å². The first kappa shape index (κ1) is 15.9. The number of benzene rings is 1. The van der Waals surface area contributed by atoms with Crippen LogP contribution < -0.4 is 5.32 Å². The lowest BCUT2D eigenvalue weighted by Crippen LogP contribution is -2.35. The van der Waals surface area contributed by atoms with E-state index in [-0.39, 0.29) is 16.3 Å². The van der Waals surface area contributed by atoms with E-state index in [0.717, 1.165) is 6.07 Å². The lowest BCUT2D eigenvalue weighted by Gasteiger charge is -2.13. The second-order valence-corrected chi connectivity index (χ2v) is 4.27. The minimum atomic E-state index is -1.02. The SMILES string of the molecule is CCNC(=O)[C@@H](C)OC(=O)c1cc([N+](=O)[O-])ccc1Cl. The molecule has 0 fully saturated rings. The van der Waals surface area contributed by atoms with Crippen LogP contribution in [-0.2, 0) is 9.53 Å². The van der Waals surface area contributed by atoms with E-state index in [2.05, 4.69) is 5.32 Å². The second-order valence-electron chi connectivity index (χ2n) is 3.86. The number of likely N-dealkylation sites (N-methyl/N-ethyl adjacent to an activating group) is 1. The van der Waals surface area contributed by atoms with Gasteiger partial charge in [-0.3, -0.25) is 14.9 Å². The molecule has 7 nitrogen and oxygen atoms in total. The number of nitrogens with one attached hydrogen (secondary N) is 1. The first-order chi connectivity index (χ1) is 9.36. The molecule has 20 heavy (non-hydrogen) atoms. The zero-order valence-electron chi connectivity index (χ0n) is 10.9. The molecule has 8 heteroatoms. The summed E-state index contributed by atoms with van der Waals surface area (Å²) in [5.74, 6) is -1.35. The zero-order chi connectivity index (χ0) is 15.3. The molecule has 108 valence electrons. The van der Waals surface area contributed by atoms with E-state index < -0.39 is 22.9 Å². The van der Waals surface area contributed by atoms with E-state index in [9.17, 15) is 19.7 Å². The topological polar surface area (TPSA) is 98.5 Å². The molecule has 0 heterocycles.